The molecular formula is C31H51NO6. The van der Waals surface area contributed by atoms with Gasteiger partial charge in [0.1, 0.15) is 5.60 Å². The average Bonchev–Trinajstić information content (AvgIpc) is 2.83. The maximum absolute atomic E-state index is 12.7. The molecule has 0 spiro atoms. The molecule has 38 heavy (non-hydrogen) atoms. The number of carbonyl (C=O) groups excluding carboxylic acids is 2. The van der Waals surface area contributed by atoms with Crippen LogP contribution in [-0.2, 0) is 19.0 Å². The number of hydrogen-bond donors (Lipinski definition) is 2. The highest BCUT2D eigenvalue weighted by atomic mass is 16.6. The van der Waals surface area contributed by atoms with Crippen molar-refractivity contribution >= 4 is 12.1 Å². The van der Waals surface area contributed by atoms with Crippen molar-refractivity contribution < 1.29 is 28.9 Å². The molecule has 0 saturated heterocycles. The lowest BCUT2D eigenvalue weighted by Gasteiger charge is -2.44. The van der Waals surface area contributed by atoms with Gasteiger partial charge in [0.05, 0.1) is 18.8 Å². The van der Waals surface area contributed by atoms with Crippen LogP contribution in [0.5, 0.6) is 0 Å². The van der Waals surface area contributed by atoms with Gasteiger partial charge >= 0.3 is 12.1 Å². The molecule has 0 heterocycles. The summed E-state index contributed by atoms with van der Waals surface area (Å²) >= 11 is 0. The Morgan fingerprint density at radius 2 is 1.63 bits per heavy atom. The largest absolute Gasteiger partial charge is 0.462 e. The Hall–Kier alpha value is -2.38. The molecule has 216 valence electrons. The Labute approximate surface area is 230 Å². The zero-order valence-corrected chi connectivity index (χ0v) is 24.7. The van der Waals surface area contributed by atoms with Crippen LogP contribution in [0.25, 0.3) is 0 Å². The molecule has 1 unspecified atom stereocenters. The van der Waals surface area contributed by atoms with Crippen LogP contribution in [0.15, 0.2) is 42.5 Å². The Kier molecular flexibility index (Phi) is 14.1. The van der Waals surface area contributed by atoms with Crippen molar-refractivity contribution in [2.75, 3.05) is 26.4 Å². The summed E-state index contributed by atoms with van der Waals surface area (Å²) in [4.78, 5) is 24.1. The molecule has 7 heteroatoms. The van der Waals surface area contributed by atoms with Crippen molar-refractivity contribution in [1.82, 2.24) is 5.32 Å². The van der Waals surface area contributed by atoms with E-state index in [1.165, 1.54) is 0 Å². The number of unbranched alkanes of at least 4 members (excludes halogenated alkanes) is 3. The summed E-state index contributed by atoms with van der Waals surface area (Å²) in [7, 11) is 0. The molecule has 7 nitrogen and oxygen atoms in total. The molecule has 0 aromatic heterocycles. The number of aliphatic hydroxyl groups is 1. The molecule has 2 N–H and O–H groups in total. The lowest BCUT2D eigenvalue weighted by Crippen LogP contribution is -2.46. The number of ether oxygens (including phenoxy) is 3. The summed E-state index contributed by atoms with van der Waals surface area (Å²) in [5.41, 5.74) is 0.0885. The van der Waals surface area contributed by atoms with E-state index in [1.54, 1.807) is 6.92 Å². The van der Waals surface area contributed by atoms with Crippen molar-refractivity contribution in [3.63, 3.8) is 0 Å². The van der Waals surface area contributed by atoms with Crippen LogP contribution in [-0.4, -0.2) is 54.7 Å². The second kappa shape index (κ2) is 15.9. The predicted molar refractivity (Wildman–Crippen MR) is 152 cm³/mol. The van der Waals surface area contributed by atoms with Gasteiger partial charge in [0.15, 0.2) is 0 Å². The zero-order valence-electron chi connectivity index (χ0n) is 24.7. The van der Waals surface area contributed by atoms with Gasteiger partial charge in [-0.2, -0.15) is 0 Å². The molecule has 0 saturated carbocycles. The van der Waals surface area contributed by atoms with Crippen LogP contribution < -0.4 is 5.32 Å². The Morgan fingerprint density at radius 3 is 2.24 bits per heavy atom. The smallest absolute Gasteiger partial charge is 0.407 e. The van der Waals surface area contributed by atoms with E-state index in [2.05, 4.69) is 39.6 Å². The number of benzene rings is 1. The lowest BCUT2D eigenvalue weighted by molar-refractivity contribution is -0.139. The van der Waals surface area contributed by atoms with E-state index >= 15 is 0 Å². The van der Waals surface area contributed by atoms with E-state index in [0.29, 0.717) is 25.3 Å². The van der Waals surface area contributed by atoms with E-state index < -0.39 is 17.3 Å². The molecule has 1 aromatic carbocycles. The van der Waals surface area contributed by atoms with Gasteiger partial charge in [-0.15, -0.1) is 0 Å². The van der Waals surface area contributed by atoms with Gasteiger partial charge in [0.2, 0.25) is 0 Å². The van der Waals surface area contributed by atoms with Crippen LogP contribution in [0.4, 0.5) is 4.79 Å². The monoisotopic (exact) mass is 533 g/mol. The number of nitrogens with one attached hydrogen (secondary N) is 1. The first-order valence-corrected chi connectivity index (χ1v) is 13.8. The summed E-state index contributed by atoms with van der Waals surface area (Å²) in [6, 6.07) is 10.0. The Morgan fingerprint density at radius 1 is 0.974 bits per heavy atom. The number of alkyl carbamates (subject to hydrolysis) is 1. The zero-order chi connectivity index (χ0) is 28.8. The van der Waals surface area contributed by atoms with Gasteiger partial charge in [-0.05, 0) is 77.7 Å². The van der Waals surface area contributed by atoms with Crippen molar-refractivity contribution in [2.24, 2.45) is 5.41 Å². The van der Waals surface area contributed by atoms with Crippen molar-refractivity contribution in [1.29, 1.82) is 0 Å². The highest BCUT2D eigenvalue weighted by molar-refractivity contribution is 5.86. The number of hydrogen-bond acceptors (Lipinski definition) is 6. The van der Waals surface area contributed by atoms with Gasteiger partial charge in [-0.25, -0.2) is 9.59 Å². The Balaban J connectivity index is 2.71. The molecule has 0 bridgehead atoms. The molecule has 1 aromatic rings. The van der Waals surface area contributed by atoms with Crippen molar-refractivity contribution in [3.05, 3.63) is 48.0 Å². The van der Waals surface area contributed by atoms with Crippen LogP contribution in [0.1, 0.15) is 98.5 Å². The third kappa shape index (κ3) is 11.6. The summed E-state index contributed by atoms with van der Waals surface area (Å²) in [5.74, 6) is -0.551. The molecule has 1 atom stereocenters. The molecule has 0 fully saturated rings. The lowest BCUT2D eigenvalue weighted by atomic mass is 9.73. The fourth-order valence-electron chi connectivity index (χ4n) is 4.08. The van der Waals surface area contributed by atoms with E-state index in [4.69, 9.17) is 14.2 Å². The van der Waals surface area contributed by atoms with Gasteiger partial charge < -0.3 is 24.6 Å². The van der Waals surface area contributed by atoms with Crippen LogP contribution >= 0.6 is 0 Å². The highest BCUT2D eigenvalue weighted by Gasteiger charge is 2.41. The molecule has 0 aliphatic carbocycles. The van der Waals surface area contributed by atoms with Crippen LogP contribution in [0.2, 0.25) is 0 Å². The maximum Gasteiger partial charge on any atom is 0.407 e. The summed E-state index contributed by atoms with van der Waals surface area (Å²) in [5, 5.41) is 12.0. The maximum atomic E-state index is 12.7. The first kappa shape index (κ1) is 33.6. The SMILES string of the molecule is C=C(C)C(=O)OCCCCCNC(=O)OC(C)(C)C(COC(C)(C)C(C)(C)CCCCO)c1ccccc1. The van der Waals surface area contributed by atoms with E-state index in [1.807, 2.05) is 44.2 Å². The van der Waals surface area contributed by atoms with E-state index in [-0.39, 0.29) is 23.9 Å². The second-order valence-corrected chi connectivity index (χ2v) is 11.7. The van der Waals surface area contributed by atoms with Gasteiger partial charge in [0, 0.05) is 24.6 Å². The van der Waals surface area contributed by atoms with Crippen molar-refractivity contribution in [2.45, 2.75) is 104 Å². The van der Waals surface area contributed by atoms with Gasteiger partial charge in [-0.1, -0.05) is 57.2 Å². The van der Waals surface area contributed by atoms with Crippen molar-refractivity contribution in [3.8, 4) is 0 Å². The molecule has 1 amide bonds. The predicted octanol–water partition coefficient (Wildman–Crippen LogP) is 6.55. The summed E-state index contributed by atoms with van der Waals surface area (Å²) in [6.07, 6.45) is 4.49. The normalized spacial score (nSPS) is 13.1. The quantitative estimate of drug-likeness (QED) is 0.126. The second-order valence-electron chi connectivity index (χ2n) is 11.7. The highest BCUT2D eigenvalue weighted by Crippen LogP contribution is 2.40. The van der Waals surface area contributed by atoms with Gasteiger partial charge in [0.25, 0.3) is 0 Å². The molecular weight excluding hydrogens is 482 g/mol. The number of carbonyl (C=O) groups is 2. The number of rotatable bonds is 18. The first-order chi connectivity index (χ1) is 17.7. The van der Waals surface area contributed by atoms with Crippen LogP contribution in [0.3, 0.4) is 0 Å². The standard InChI is InChI=1S/C31H51NO6/c1-24(2)27(34)36-22-16-10-14-20-32-28(35)38-30(5,6)26(25-17-11-9-12-18-25)23-37-31(7,8)29(3,4)19-13-15-21-33/h9,11-12,17-18,26,33H,1,10,13-16,19-23H2,2-8H3,(H,32,35). The van der Waals surface area contributed by atoms with Crippen LogP contribution in [0, 0.1) is 5.41 Å². The average molecular weight is 534 g/mol. The van der Waals surface area contributed by atoms with Gasteiger partial charge in [-0.3, -0.25) is 0 Å². The summed E-state index contributed by atoms with van der Waals surface area (Å²) < 4.78 is 17.6. The van der Waals surface area contributed by atoms with E-state index in [9.17, 15) is 14.7 Å². The number of esters is 1. The fourth-order valence-corrected chi connectivity index (χ4v) is 4.08. The molecule has 0 aliphatic heterocycles. The minimum Gasteiger partial charge on any atom is -0.462 e. The molecule has 0 radical (unpaired) electrons. The number of aliphatic hydroxyl groups excluding tert-OH is 1. The topological polar surface area (TPSA) is 94.1 Å². The van der Waals surface area contributed by atoms with E-state index in [0.717, 1.165) is 44.1 Å². The molecule has 1 rings (SSSR count). The fraction of sp³-hybridized carbons (Fsp3) is 0.677. The Bertz CT molecular complexity index is 862. The third-order valence-electron chi connectivity index (χ3n) is 7.52. The summed E-state index contributed by atoms with van der Waals surface area (Å²) in [6.45, 7) is 19.0. The number of amides is 1. The molecule has 0 aliphatic rings. The minimum atomic E-state index is -0.820. The first-order valence-electron chi connectivity index (χ1n) is 13.8. The minimum absolute atomic E-state index is 0.103. The third-order valence-corrected chi connectivity index (χ3v) is 7.52.